The van der Waals surface area contributed by atoms with Gasteiger partial charge in [0.2, 0.25) is 0 Å². The molecule has 0 saturated carbocycles. The Balaban J connectivity index is 2.22. The highest BCUT2D eigenvalue weighted by Crippen LogP contribution is 2.35. The molecule has 0 radical (unpaired) electrons. The molecule has 0 aromatic heterocycles. The number of thiocarbonyl (C=S) groups is 1. The van der Waals surface area contributed by atoms with Gasteiger partial charge in [0.15, 0.2) is 18.3 Å². The van der Waals surface area contributed by atoms with E-state index in [4.69, 9.17) is 12.2 Å². The van der Waals surface area contributed by atoms with Gasteiger partial charge in [-0.3, -0.25) is 0 Å². The minimum Gasteiger partial charge on any atom is -0.484 e. The van der Waals surface area contributed by atoms with E-state index in [2.05, 4.69) is 20.1 Å². The maximum atomic E-state index is 13.1. The Morgan fingerprint density at radius 1 is 0.750 bits per heavy atom. The lowest BCUT2D eigenvalue weighted by Gasteiger charge is -2.17. The Morgan fingerprint density at radius 2 is 1.25 bits per heavy atom. The fraction of sp³-hybridized carbons (Fsp3) is 0.278. The third kappa shape index (κ3) is 8.69. The first kappa shape index (κ1) is 25.4. The second-order valence-corrected chi connectivity index (χ2v) is 6.53. The fourth-order valence-corrected chi connectivity index (χ4v) is 2.49. The molecule has 0 aliphatic rings. The lowest BCUT2D eigenvalue weighted by Crippen LogP contribution is -2.22. The monoisotopic (exact) mass is 492 g/mol. The van der Waals surface area contributed by atoms with Gasteiger partial charge in [-0.05, 0) is 24.4 Å². The van der Waals surface area contributed by atoms with Crippen LogP contribution in [0.25, 0.3) is 0 Å². The molecule has 2 aromatic carbocycles. The van der Waals surface area contributed by atoms with Crippen LogP contribution in [0.3, 0.4) is 0 Å². The zero-order valence-corrected chi connectivity index (χ0v) is 16.4. The molecular formula is C18H13F9N2O2S. The molecule has 0 heterocycles. The zero-order valence-electron chi connectivity index (χ0n) is 15.6. The topological polar surface area (TPSA) is 42.5 Å². The summed E-state index contributed by atoms with van der Waals surface area (Å²) >= 11 is 4.90. The number of alkyl halides is 9. The second-order valence-electron chi connectivity index (χ2n) is 6.12. The summed E-state index contributed by atoms with van der Waals surface area (Å²) in [5.41, 5.74) is -1.65. The van der Waals surface area contributed by atoms with Crippen molar-refractivity contribution in [2.24, 2.45) is 0 Å². The molecule has 0 atom stereocenters. The normalized spacial score (nSPS) is 12.3. The standard InChI is InChI=1S/C18H13F9N2O2S/c19-16(20,21)8-30-11-5-10(6-12(7-11)31-9-17(22,23)24)28-15(32)29-14-4-2-1-3-13(14)18(25,26)27/h1-7H,8-9H2,(H2,28,29,32). The Hall–Kier alpha value is -2.90. The Bertz CT molecular complexity index is 907. The number of anilines is 2. The van der Waals surface area contributed by atoms with E-state index in [-0.39, 0.29) is 5.69 Å². The summed E-state index contributed by atoms with van der Waals surface area (Å²) in [7, 11) is 0. The van der Waals surface area contributed by atoms with Gasteiger partial charge in [0, 0.05) is 23.9 Å². The lowest BCUT2D eigenvalue weighted by molar-refractivity contribution is -0.153. The SMILES string of the molecule is FC(F)(F)COc1cc(NC(=S)Nc2ccccc2C(F)(F)F)cc(OCC(F)(F)F)c1. The minimum absolute atomic E-state index is 0.191. The van der Waals surface area contributed by atoms with Gasteiger partial charge in [-0.2, -0.15) is 39.5 Å². The number of halogens is 9. The maximum absolute atomic E-state index is 13.1. The van der Waals surface area contributed by atoms with Crippen molar-refractivity contribution in [2.45, 2.75) is 18.5 Å². The Morgan fingerprint density at radius 3 is 1.72 bits per heavy atom. The molecular weight excluding hydrogens is 479 g/mol. The molecule has 0 aliphatic carbocycles. The summed E-state index contributed by atoms with van der Waals surface area (Å²) in [4.78, 5) is 0. The zero-order chi connectivity index (χ0) is 24.2. The predicted octanol–water partition coefficient (Wildman–Crippen LogP) is 6.40. The molecule has 176 valence electrons. The van der Waals surface area contributed by atoms with E-state index in [1.165, 1.54) is 6.07 Å². The summed E-state index contributed by atoms with van der Waals surface area (Å²) in [5, 5.41) is 4.23. The van der Waals surface area contributed by atoms with Gasteiger partial charge in [-0.15, -0.1) is 0 Å². The van der Waals surface area contributed by atoms with E-state index in [9.17, 15) is 39.5 Å². The third-order valence-electron chi connectivity index (χ3n) is 3.42. The van der Waals surface area contributed by atoms with Gasteiger partial charge < -0.3 is 20.1 Å². The Labute approximate surface area is 180 Å². The lowest BCUT2D eigenvalue weighted by atomic mass is 10.1. The highest BCUT2D eigenvalue weighted by atomic mass is 32.1. The molecule has 0 unspecified atom stereocenters. The highest BCUT2D eigenvalue weighted by Gasteiger charge is 2.33. The first-order valence-electron chi connectivity index (χ1n) is 8.41. The maximum Gasteiger partial charge on any atom is 0.422 e. The summed E-state index contributed by atoms with van der Waals surface area (Å²) in [5.74, 6) is -1.02. The summed E-state index contributed by atoms with van der Waals surface area (Å²) in [6.45, 7) is -3.48. The van der Waals surface area contributed by atoms with Crippen LogP contribution in [0.5, 0.6) is 11.5 Å². The molecule has 2 rings (SSSR count). The van der Waals surface area contributed by atoms with Crippen molar-refractivity contribution < 1.29 is 49.0 Å². The molecule has 2 N–H and O–H groups in total. The fourth-order valence-electron chi connectivity index (χ4n) is 2.26. The van der Waals surface area contributed by atoms with E-state index in [0.717, 1.165) is 36.4 Å². The largest absolute Gasteiger partial charge is 0.484 e. The number of nitrogens with one attached hydrogen (secondary N) is 2. The van der Waals surface area contributed by atoms with E-state index < -0.39 is 59.6 Å². The van der Waals surface area contributed by atoms with Gasteiger partial charge in [-0.1, -0.05) is 12.1 Å². The van der Waals surface area contributed by atoms with Gasteiger partial charge in [-0.25, -0.2) is 0 Å². The van der Waals surface area contributed by atoms with Crippen LogP contribution in [0.4, 0.5) is 50.9 Å². The molecule has 0 bridgehead atoms. The molecule has 2 aromatic rings. The van der Waals surface area contributed by atoms with Crippen molar-refractivity contribution in [2.75, 3.05) is 23.8 Å². The first-order valence-corrected chi connectivity index (χ1v) is 8.82. The molecule has 0 spiro atoms. The number of para-hydroxylation sites is 1. The third-order valence-corrected chi connectivity index (χ3v) is 3.63. The molecule has 32 heavy (non-hydrogen) atoms. The van der Waals surface area contributed by atoms with Crippen molar-refractivity contribution in [1.82, 2.24) is 0 Å². The van der Waals surface area contributed by atoms with E-state index in [1.807, 2.05) is 0 Å². The van der Waals surface area contributed by atoms with Crippen molar-refractivity contribution in [3.8, 4) is 11.5 Å². The summed E-state index contributed by atoms with van der Waals surface area (Å²) in [6, 6.07) is 7.02. The van der Waals surface area contributed by atoms with Gasteiger partial charge in [0.1, 0.15) is 11.5 Å². The summed E-state index contributed by atoms with van der Waals surface area (Å²) in [6.07, 6.45) is -14.2. The van der Waals surface area contributed by atoms with Crippen LogP contribution in [0.1, 0.15) is 5.56 Å². The van der Waals surface area contributed by atoms with Gasteiger partial charge >= 0.3 is 18.5 Å². The molecule has 4 nitrogen and oxygen atoms in total. The number of hydrogen-bond acceptors (Lipinski definition) is 3. The van der Waals surface area contributed by atoms with Crippen molar-refractivity contribution in [3.63, 3.8) is 0 Å². The Kier molecular flexibility index (Phi) is 7.70. The minimum atomic E-state index is -4.73. The smallest absolute Gasteiger partial charge is 0.422 e. The van der Waals surface area contributed by atoms with Crippen LogP contribution < -0.4 is 20.1 Å². The van der Waals surface area contributed by atoms with Crippen LogP contribution in [0.15, 0.2) is 42.5 Å². The summed E-state index contributed by atoms with van der Waals surface area (Å²) < 4.78 is 123. The van der Waals surface area contributed by atoms with Gasteiger partial charge in [0.05, 0.1) is 11.3 Å². The molecule has 14 heteroatoms. The molecule has 0 saturated heterocycles. The average molecular weight is 492 g/mol. The van der Waals surface area contributed by atoms with Crippen LogP contribution in [-0.4, -0.2) is 30.7 Å². The predicted molar refractivity (Wildman–Crippen MR) is 101 cm³/mol. The van der Waals surface area contributed by atoms with Crippen molar-refractivity contribution >= 4 is 28.7 Å². The number of rotatable bonds is 6. The highest BCUT2D eigenvalue weighted by molar-refractivity contribution is 7.80. The molecule has 0 aliphatic heterocycles. The van der Waals surface area contributed by atoms with Crippen LogP contribution in [0.2, 0.25) is 0 Å². The number of ether oxygens (including phenoxy) is 2. The molecule has 0 amide bonds. The van der Waals surface area contributed by atoms with Crippen molar-refractivity contribution in [3.05, 3.63) is 48.0 Å². The first-order chi connectivity index (χ1) is 14.6. The average Bonchev–Trinajstić information content (AvgIpc) is 2.63. The van der Waals surface area contributed by atoms with Crippen LogP contribution >= 0.6 is 12.2 Å². The number of benzene rings is 2. The van der Waals surface area contributed by atoms with E-state index in [0.29, 0.717) is 0 Å². The van der Waals surface area contributed by atoms with E-state index in [1.54, 1.807) is 0 Å². The van der Waals surface area contributed by atoms with Gasteiger partial charge in [0.25, 0.3) is 0 Å². The van der Waals surface area contributed by atoms with Crippen LogP contribution in [-0.2, 0) is 6.18 Å². The number of hydrogen-bond donors (Lipinski definition) is 2. The van der Waals surface area contributed by atoms with Crippen LogP contribution in [0, 0.1) is 0 Å². The quantitative estimate of drug-likeness (QED) is 0.361. The van der Waals surface area contributed by atoms with Crippen molar-refractivity contribution in [1.29, 1.82) is 0 Å². The van der Waals surface area contributed by atoms with E-state index >= 15 is 0 Å². The molecule has 0 fully saturated rings. The second kappa shape index (κ2) is 9.71.